The first kappa shape index (κ1) is 14.3. The van der Waals surface area contributed by atoms with Crippen LogP contribution in [0.15, 0.2) is 18.2 Å². The molecular formula is C15H22FNO2. The van der Waals surface area contributed by atoms with Gasteiger partial charge in [0, 0.05) is 24.9 Å². The predicted molar refractivity (Wildman–Crippen MR) is 72.9 cm³/mol. The largest absolute Gasteiger partial charge is 0.490 e. The summed E-state index contributed by atoms with van der Waals surface area (Å²) in [6.07, 6.45) is 3.05. The molecule has 0 spiro atoms. The van der Waals surface area contributed by atoms with Gasteiger partial charge in [-0.2, -0.15) is 0 Å². The van der Waals surface area contributed by atoms with Gasteiger partial charge in [-0.05, 0) is 31.2 Å². The van der Waals surface area contributed by atoms with Crippen LogP contribution >= 0.6 is 0 Å². The monoisotopic (exact) mass is 267 g/mol. The molecule has 0 atom stereocenters. The third-order valence-electron chi connectivity index (χ3n) is 3.23. The Labute approximate surface area is 114 Å². The van der Waals surface area contributed by atoms with Crippen molar-refractivity contribution in [2.24, 2.45) is 0 Å². The number of nitrogens with one attached hydrogen (secondary N) is 1. The smallest absolute Gasteiger partial charge is 0.124 e. The molecule has 1 heterocycles. The maximum absolute atomic E-state index is 13.3. The number of halogens is 1. The van der Waals surface area contributed by atoms with E-state index in [0.717, 1.165) is 50.3 Å². The summed E-state index contributed by atoms with van der Waals surface area (Å²) in [6, 6.07) is 4.74. The van der Waals surface area contributed by atoms with Crippen LogP contribution in [0.3, 0.4) is 0 Å². The number of hydrogen-bond acceptors (Lipinski definition) is 3. The summed E-state index contributed by atoms with van der Waals surface area (Å²) < 4.78 is 24.6. The van der Waals surface area contributed by atoms with E-state index >= 15 is 0 Å². The SMILES string of the molecule is CCCNCc1cc(F)ccc1OC1CCOCC1. The van der Waals surface area contributed by atoms with Gasteiger partial charge in [0.15, 0.2) is 0 Å². The summed E-state index contributed by atoms with van der Waals surface area (Å²) in [5.74, 6) is 0.574. The minimum atomic E-state index is -0.215. The summed E-state index contributed by atoms with van der Waals surface area (Å²) in [7, 11) is 0. The Morgan fingerprint density at radius 2 is 2.16 bits per heavy atom. The molecule has 0 aromatic heterocycles. The molecule has 1 aliphatic heterocycles. The Kier molecular flexibility index (Phi) is 5.61. The van der Waals surface area contributed by atoms with Gasteiger partial charge >= 0.3 is 0 Å². The predicted octanol–water partition coefficient (Wildman–Crippen LogP) is 2.88. The highest BCUT2D eigenvalue weighted by Crippen LogP contribution is 2.23. The van der Waals surface area contributed by atoms with Crippen molar-refractivity contribution in [3.8, 4) is 5.75 Å². The molecule has 19 heavy (non-hydrogen) atoms. The zero-order chi connectivity index (χ0) is 13.5. The van der Waals surface area contributed by atoms with Gasteiger partial charge in [0.2, 0.25) is 0 Å². The Morgan fingerprint density at radius 3 is 2.89 bits per heavy atom. The van der Waals surface area contributed by atoms with Gasteiger partial charge in [0.05, 0.1) is 13.2 Å². The maximum atomic E-state index is 13.3. The van der Waals surface area contributed by atoms with E-state index in [4.69, 9.17) is 9.47 Å². The molecule has 0 aliphatic carbocycles. The molecule has 106 valence electrons. The first-order chi connectivity index (χ1) is 9.29. The van der Waals surface area contributed by atoms with E-state index in [1.54, 1.807) is 12.1 Å². The maximum Gasteiger partial charge on any atom is 0.124 e. The van der Waals surface area contributed by atoms with E-state index in [2.05, 4.69) is 12.2 Å². The highest BCUT2D eigenvalue weighted by molar-refractivity contribution is 5.34. The molecule has 1 aromatic carbocycles. The van der Waals surface area contributed by atoms with Gasteiger partial charge in [0.25, 0.3) is 0 Å². The molecule has 0 bridgehead atoms. The van der Waals surface area contributed by atoms with Crippen LogP contribution in [0.2, 0.25) is 0 Å². The van der Waals surface area contributed by atoms with Crippen LogP contribution in [0.1, 0.15) is 31.7 Å². The average Bonchev–Trinajstić information content (AvgIpc) is 2.43. The summed E-state index contributed by atoms with van der Waals surface area (Å²) in [5, 5.41) is 3.28. The molecule has 1 saturated heterocycles. The Bertz CT molecular complexity index is 392. The summed E-state index contributed by atoms with van der Waals surface area (Å²) >= 11 is 0. The first-order valence-corrected chi connectivity index (χ1v) is 7.03. The van der Waals surface area contributed by atoms with E-state index in [0.29, 0.717) is 6.54 Å². The lowest BCUT2D eigenvalue weighted by Crippen LogP contribution is -2.26. The quantitative estimate of drug-likeness (QED) is 0.804. The Hall–Kier alpha value is -1.13. The van der Waals surface area contributed by atoms with Crippen molar-refractivity contribution in [3.63, 3.8) is 0 Å². The standard InChI is InChI=1S/C15H22FNO2/c1-2-7-17-11-12-10-13(16)3-4-15(12)19-14-5-8-18-9-6-14/h3-4,10,14,17H,2,5-9,11H2,1H3. The third-order valence-corrected chi connectivity index (χ3v) is 3.23. The van der Waals surface area contributed by atoms with Crippen molar-refractivity contribution < 1.29 is 13.9 Å². The van der Waals surface area contributed by atoms with Crippen molar-refractivity contribution in [1.82, 2.24) is 5.32 Å². The molecule has 2 rings (SSSR count). The lowest BCUT2D eigenvalue weighted by molar-refractivity contribution is 0.0251. The second-order valence-corrected chi connectivity index (χ2v) is 4.86. The second kappa shape index (κ2) is 7.46. The lowest BCUT2D eigenvalue weighted by atomic mass is 10.1. The fourth-order valence-corrected chi connectivity index (χ4v) is 2.17. The number of hydrogen-bond donors (Lipinski definition) is 1. The molecule has 1 N–H and O–H groups in total. The molecule has 3 nitrogen and oxygen atoms in total. The Balaban J connectivity index is 2.00. The fraction of sp³-hybridized carbons (Fsp3) is 0.600. The van der Waals surface area contributed by atoms with E-state index in [-0.39, 0.29) is 11.9 Å². The molecule has 0 saturated carbocycles. The van der Waals surface area contributed by atoms with Crippen LogP contribution in [-0.4, -0.2) is 25.9 Å². The van der Waals surface area contributed by atoms with Crippen molar-refractivity contribution in [2.45, 2.75) is 38.8 Å². The van der Waals surface area contributed by atoms with Gasteiger partial charge < -0.3 is 14.8 Å². The van der Waals surface area contributed by atoms with Crippen LogP contribution in [0.4, 0.5) is 4.39 Å². The summed E-state index contributed by atoms with van der Waals surface area (Å²) in [6.45, 7) is 5.17. The topological polar surface area (TPSA) is 30.5 Å². The number of benzene rings is 1. The van der Waals surface area contributed by atoms with E-state index in [1.807, 2.05) is 0 Å². The molecule has 0 amide bonds. The highest BCUT2D eigenvalue weighted by Gasteiger charge is 2.17. The van der Waals surface area contributed by atoms with E-state index < -0.39 is 0 Å². The van der Waals surface area contributed by atoms with E-state index in [1.165, 1.54) is 6.07 Å². The summed E-state index contributed by atoms with van der Waals surface area (Å²) in [4.78, 5) is 0. The van der Waals surface area contributed by atoms with Crippen molar-refractivity contribution in [2.75, 3.05) is 19.8 Å². The molecular weight excluding hydrogens is 245 g/mol. The third kappa shape index (κ3) is 4.48. The summed E-state index contributed by atoms with van der Waals surface area (Å²) in [5.41, 5.74) is 0.889. The van der Waals surface area contributed by atoms with E-state index in [9.17, 15) is 4.39 Å². The van der Waals surface area contributed by atoms with Crippen LogP contribution in [0.25, 0.3) is 0 Å². The molecule has 4 heteroatoms. The van der Waals surface area contributed by atoms with Gasteiger partial charge in [-0.25, -0.2) is 4.39 Å². The van der Waals surface area contributed by atoms with Crippen LogP contribution < -0.4 is 10.1 Å². The number of ether oxygens (including phenoxy) is 2. The van der Waals surface area contributed by atoms with Gasteiger partial charge in [-0.3, -0.25) is 0 Å². The zero-order valence-electron chi connectivity index (χ0n) is 11.5. The fourth-order valence-electron chi connectivity index (χ4n) is 2.17. The molecule has 0 radical (unpaired) electrons. The molecule has 1 aliphatic rings. The first-order valence-electron chi connectivity index (χ1n) is 7.03. The molecule has 1 fully saturated rings. The minimum Gasteiger partial charge on any atom is -0.490 e. The van der Waals surface area contributed by atoms with Crippen molar-refractivity contribution in [3.05, 3.63) is 29.6 Å². The van der Waals surface area contributed by atoms with Crippen LogP contribution in [-0.2, 0) is 11.3 Å². The van der Waals surface area contributed by atoms with Crippen LogP contribution in [0, 0.1) is 5.82 Å². The van der Waals surface area contributed by atoms with Crippen molar-refractivity contribution in [1.29, 1.82) is 0 Å². The lowest BCUT2D eigenvalue weighted by Gasteiger charge is -2.24. The van der Waals surface area contributed by atoms with Crippen molar-refractivity contribution >= 4 is 0 Å². The van der Waals surface area contributed by atoms with Gasteiger partial charge in [-0.1, -0.05) is 6.92 Å². The van der Waals surface area contributed by atoms with Gasteiger partial charge in [-0.15, -0.1) is 0 Å². The average molecular weight is 267 g/mol. The molecule has 0 unspecified atom stereocenters. The minimum absolute atomic E-state index is 0.184. The second-order valence-electron chi connectivity index (χ2n) is 4.86. The van der Waals surface area contributed by atoms with Gasteiger partial charge in [0.1, 0.15) is 17.7 Å². The normalized spacial score (nSPS) is 16.5. The van der Waals surface area contributed by atoms with Crippen LogP contribution in [0.5, 0.6) is 5.75 Å². The number of rotatable bonds is 6. The molecule has 1 aromatic rings. The highest BCUT2D eigenvalue weighted by atomic mass is 19.1. The Morgan fingerprint density at radius 1 is 1.37 bits per heavy atom. The zero-order valence-corrected chi connectivity index (χ0v) is 11.5.